The number of H-pyrrole nitrogens is 1. The topological polar surface area (TPSA) is 304 Å². The molecule has 0 saturated carbocycles. The Morgan fingerprint density at radius 2 is 0.970 bits per heavy atom. The molecule has 3 rings (SSSR count). The van der Waals surface area contributed by atoms with E-state index in [4.69, 9.17) is 42.6 Å². The van der Waals surface area contributed by atoms with Crippen LogP contribution in [-0.2, 0) is 95.3 Å². The number of nitrogens with one attached hydrogen (secondary N) is 1. The van der Waals surface area contributed by atoms with E-state index in [1.807, 2.05) is 0 Å². The third-order valence-corrected chi connectivity index (χ3v) is 8.23. The van der Waals surface area contributed by atoms with Gasteiger partial charge >= 0.3 is 59.7 Å². The van der Waals surface area contributed by atoms with E-state index in [0.717, 1.165) is 27.7 Å². The molecule has 0 fully saturated rings. The maximum atomic E-state index is 12.9. The number of benzene rings is 2. The number of carbonyl (C=O) groups is 10. The predicted molar refractivity (Wildman–Crippen MR) is 222 cm³/mol. The van der Waals surface area contributed by atoms with E-state index in [9.17, 15) is 47.9 Å². The summed E-state index contributed by atoms with van der Waals surface area (Å²) in [5, 5.41) is 0.684. The van der Waals surface area contributed by atoms with Crippen LogP contribution >= 0.6 is 0 Å². The van der Waals surface area contributed by atoms with Crippen molar-refractivity contribution in [3.05, 3.63) is 48.0 Å². The van der Waals surface area contributed by atoms with Crippen molar-refractivity contribution < 1.29 is 105 Å². The fourth-order valence-corrected chi connectivity index (χ4v) is 5.24. The molecule has 1 heterocycles. The molecule has 0 saturated heterocycles. The van der Waals surface area contributed by atoms with Crippen LogP contribution < -0.4 is 9.64 Å². The summed E-state index contributed by atoms with van der Waals surface area (Å²) >= 11 is 0. The first-order valence-corrected chi connectivity index (χ1v) is 19.8. The van der Waals surface area contributed by atoms with E-state index in [1.165, 1.54) is 34.9 Å². The first kappa shape index (κ1) is 53.5. The van der Waals surface area contributed by atoms with Crippen LogP contribution in [0.5, 0.6) is 5.75 Å². The molecule has 0 amide bonds. The summed E-state index contributed by atoms with van der Waals surface area (Å²) in [5.74, 6) is -7.67. The zero-order valence-electron chi connectivity index (χ0n) is 37.1. The van der Waals surface area contributed by atoms with Crippen molar-refractivity contribution in [2.45, 2.75) is 34.6 Å². The normalized spacial score (nSPS) is 10.5. The maximum absolute atomic E-state index is 12.9. The second-order valence-corrected chi connectivity index (χ2v) is 13.5. The van der Waals surface area contributed by atoms with Crippen molar-refractivity contribution in [3.8, 4) is 17.0 Å². The molecule has 2 aromatic carbocycles. The summed E-state index contributed by atoms with van der Waals surface area (Å²) in [5.41, 5.74) is 1.87. The van der Waals surface area contributed by atoms with Crippen LogP contribution in [0.15, 0.2) is 42.5 Å². The molecular formula is C42H49N3O22. The Bertz CT molecular complexity index is 2170. The van der Waals surface area contributed by atoms with Crippen LogP contribution in [0.25, 0.3) is 22.2 Å². The molecule has 25 heteroatoms. The number of aromatic amines is 1. The van der Waals surface area contributed by atoms with Gasteiger partial charge < -0.3 is 66.7 Å². The van der Waals surface area contributed by atoms with E-state index in [1.54, 1.807) is 24.3 Å². The maximum Gasteiger partial charge on any atom is 0.341 e. The molecule has 0 atom stereocenters. The molecule has 0 aliphatic carbocycles. The number of aromatic nitrogens is 1. The number of ether oxygens (including phenoxy) is 12. The second-order valence-electron chi connectivity index (χ2n) is 13.5. The number of fused-ring (bicyclic) bond motifs is 1. The average Bonchev–Trinajstić information content (AvgIpc) is 3.67. The van der Waals surface area contributed by atoms with Gasteiger partial charge in [-0.15, -0.1) is 0 Å². The molecule has 0 radical (unpaired) electrons. The van der Waals surface area contributed by atoms with Crippen LogP contribution in [-0.4, -0.2) is 156 Å². The highest BCUT2D eigenvalue weighted by Crippen LogP contribution is 2.35. The molecule has 1 aromatic heterocycles. The van der Waals surface area contributed by atoms with Crippen LogP contribution in [0.3, 0.4) is 0 Å². The monoisotopic (exact) mass is 947 g/mol. The van der Waals surface area contributed by atoms with Gasteiger partial charge in [0, 0.05) is 63.3 Å². The van der Waals surface area contributed by atoms with Gasteiger partial charge in [-0.25, -0.2) is 4.79 Å². The molecule has 25 nitrogen and oxygen atoms in total. The lowest BCUT2D eigenvalue weighted by atomic mass is 10.1. The van der Waals surface area contributed by atoms with Gasteiger partial charge in [0.1, 0.15) is 25.4 Å². The standard InChI is InChI=1S/C42H49N3O22/c1-26(46)58-21-63-38(51)17-44(18-39(52)64-22-59-27(2)47)10-11-56-12-13-57-37-16-32(34-14-31-6-7-33(15-35(31)43-34)42(55)67-25-62-30(5)50)8-9-36(37)45(19-40(53)65-23-60-28(3)48)20-41(54)66-24-61-29(4)49/h6-9,14-16,43H,10-13,17-25H2,1-5H3. The summed E-state index contributed by atoms with van der Waals surface area (Å²) < 4.78 is 59.9. The van der Waals surface area contributed by atoms with E-state index in [2.05, 4.69) is 19.2 Å². The highest BCUT2D eigenvalue weighted by molar-refractivity contribution is 5.96. The van der Waals surface area contributed by atoms with Gasteiger partial charge in [0.2, 0.25) is 34.0 Å². The second kappa shape index (κ2) is 28.2. The van der Waals surface area contributed by atoms with Crippen molar-refractivity contribution in [2.75, 3.05) is 91.4 Å². The quantitative estimate of drug-likeness (QED) is 0.0464. The van der Waals surface area contributed by atoms with Gasteiger partial charge in [-0.1, -0.05) is 12.1 Å². The molecule has 0 aliphatic rings. The fraction of sp³-hybridized carbons (Fsp3) is 0.429. The van der Waals surface area contributed by atoms with Gasteiger partial charge in [-0.3, -0.25) is 48.1 Å². The molecule has 1 N–H and O–H groups in total. The van der Waals surface area contributed by atoms with Gasteiger partial charge in [0.25, 0.3) is 0 Å². The summed E-state index contributed by atoms with van der Waals surface area (Å²) in [6.45, 7) is -0.249. The molecule has 0 bridgehead atoms. The van der Waals surface area contributed by atoms with E-state index < -0.39 is 120 Å². The van der Waals surface area contributed by atoms with E-state index in [0.29, 0.717) is 22.2 Å². The van der Waals surface area contributed by atoms with Crippen molar-refractivity contribution >= 4 is 76.3 Å². The molecule has 0 aliphatic heterocycles. The van der Waals surface area contributed by atoms with Crippen molar-refractivity contribution in [1.29, 1.82) is 0 Å². The van der Waals surface area contributed by atoms with Crippen molar-refractivity contribution in [2.24, 2.45) is 0 Å². The Morgan fingerprint density at radius 3 is 1.46 bits per heavy atom. The number of rotatable bonds is 28. The largest absolute Gasteiger partial charge is 0.489 e. The van der Waals surface area contributed by atoms with Crippen LogP contribution in [0, 0.1) is 0 Å². The fourth-order valence-electron chi connectivity index (χ4n) is 5.24. The van der Waals surface area contributed by atoms with Crippen molar-refractivity contribution in [3.63, 3.8) is 0 Å². The van der Waals surface area contributed by atoms with Crippen LogP contribution in [0.4, 0.5) is 5.69 Å². The predicted octanol–water partition coefficient (Wildman–Crippen LogP) is 1.27. The Hall–Kier alpha value is -7.80. The summed E-state index contributed by atoms with van der Waals surface area (Å²) in [4.78, 5) is 125. The van der Waals surface area contributed by atoms with E-state index in [-0.39, 0.29) is 43.4 Å². The molecule has 3 aromatic rings. The minimum absolute atomic E-state index is 0.0449. The molecule has 0 unspecified atom stereocenters. The number of carbonyl (C=O) groups excluding carboxylic acids is 10. The van der Waals surface area contributed by atoms with Gasteiger partial charge in [0.15, 0.2) is 0 Å². The average molecular weight is 948 g/mol. The highest BCUT2D eigenvalue weighted by atomic mass is 16.7. The van der Waals surface area contributed by atoms with Crippen LogP contribution in [0.1, 0.15) is 45.0 Å². The van der Waals surface area contributed by atoms with Gasteiger partial charge in [-0.05, 0) is 30.3 Å². The van der Waals surface area contributed by atoms with Gasteiger partial charge in [-0.2, -0.15) is 0 Å². The first-order valence-electron chi connectivity index (χ1n) is 19.8. The van der Waals surface area contributed by atoms with Crippen molar-refractivity contribution in [1.82, 2.24) is 9.88 Å². The lowest BCUT2D eigenvalue weighted by molar-refractivity contribution is -0.170. The van der Waals surface area contributed by atoms with E-state index >= 15 is 0 Å². The Labute approximate surface area is 381 Å². The SMILES string of the molecule is CC(=O)OCOC(=O)CN(CCOCCOc1cc(-c2cc3ccc(C(=O)OCOC(C)=O)cc3[nH]2)ccc1N(CC(=O)OCOC(C)=O)CC(=O)OCOC(C)=O)CC(=O)OCOC(C)=O. The minimum Gasteiger partial charge on any atom is -0.489 e. The summed E-state index contributed by atoms with van der Waals surface area (Å²) in [6, 6.07) is 11.2. The number of hydrogen-bond acceptors (Lipinski definition) is 24. The zero-order valence-corrected chi connectivity index (χ0v) is 37.1. The number of esters is 10. The number of hydrogen-bond donors (Lipinski definition) is 1. The molecule has 67 heavy (non-hydrogen) atoms. The third-order valence-electron chi connectivity index (χ3n) is 8.23. The van der Waals surface area contributed by atoms with Gasteiger partial charge in [0.05, 0.1) is 37.6 Å². The molecular weight excluding hydrogens is 898 g/mol. The molecule has 364 valence electrons. The smallest absolute Gasteiger partial charge is 0.341 e. The minimum atomic E-state index is -0.930. The first-order chi connectivity index (χ1) is 31.9. The zero-order chi connectivity index (χ0) is 49.3. The van der Waals surface area contributed by atoms with Crippen LogP contribution in [0.2, 0.25) is 0 Å². The lowest BCUT2D eigenvalue weighted by Crippen LogP contribution is -2.38. The summed E-state index contributed by atoms with van der Waals surface area (Å²) in [6.07, 6.45) is 0. The third kappa shape index (κ3) is 21.2. The Balaban J connectivity index is 1.87. The Kier molecular flexibility index (Phi) is 22.5. The number of anilines is 1. The molecule has 0 spiro atoms. The Morgan fingerprint density at radius 1 is 0.493 bits per heavy atom. The highest BCUT2D eigenvalue weighted by Gasteiger charge is 2.23. The summed E-state index contributed by atoms with van der Waals surface area (Å²) in [7, 11) is 0. The lowest BCUT2D eigenvalue weighted by Gasteiger charge is -2.25. The number of nitrogens with zero attached hydrogens (tertiary/aromatic N) is 2.